The van der Waals surface area contributed by atoms with Crippen LogP contribution in [0, 0.1) is 20.8 Å². The van der Waals surface area contributed by atoms with Crippen LogP contribution in [0.15, 0.2) is 96.0 Å². The van der Waals surface area contributed by atoms with Crippen molar-refractivity contribution in [1.82, 2.24) is 20.1 Å². The van der Waals surface area contributed by atoms with Gasteiger partial charge in [0.15, 0.2) is 11.6 Å². The number of hydrogen-bond acceptors (Lipinski definition) is 11. The summed E-state index contributed by atoms with van der Waals surface area (Å²) in [5.74, 6) is 2.00. The minimum Gasteiger partial charge on any atom is -0.508 e. The lowest BCUT2D eigenvalue weighted by molar-refractivity contribution is -0.121. The molecule has 11 nitrogen and oxygen atoms in total. The van der Waals surface area contributed by atoms with E-state index in [0.717, 1.165) is 66.6 Å². The van der Waals surface area contributed by atoms with E-state index in [1.807, 2.05) is 35.8 Å². The first kappa shape index (κ1) is 40.9. The molecular weight excluding hydrogens is 818 g/mol. The lowest BCUT2D eigenvalue weighted by Gasteiger charge is -2.13. The fourth-order valence-corrected chi connectivity index (χ4v) is 9.81. The molecule has 4 aromatic carbocycles. The molecule has 3 aromatic heterocycles. The van der Waals surface area contributed by atoms with E-state index in [9.17, 15) is 19.8 Å². The van der Waals surface area contributed by atoms with Crippen LogP contribution in [-0.2, 0) is 9.53 Å². The highest BCUT2D eigenvalue weighted by molar-refractivity contribution is 7.22. The zero-order valence-electron chi connectivity index (χ0n) is 33.2. The number of thiophene rings is 2. The van der Waals surface area contributed by atoms with Crippen LogP contribution in [0.3, 0.4) is 0 Å². The monoisotopic (exact) mass is 859 g/mol. The van der Waals surface area contributed by atoms with Crippen molar-refractivity contribution in [3.8, 4) is 32.7 Å². The van der Waals surface area contributed by atoms with Gasteiger partial charge in [-0.3, -0.25) is 19.1 Å². The predicted octanol–water partition coefficient (Wildman–Crippen LogP) is 9.71. The number of carbonyl (C=O) groups is 2. The zero-order chi connectivity index (χ0) is 41.9. The third-order valence-corrected chi connectivity index (χ3v) is 13.1. The van der Waals surface area contributed by atoms with Crippen molar-refractivity contribution >= 4 is 61.8 Å². The van der Waals surface area contributed by atoms with E-state index in [4.69, 9.17) is 26.1 Å². The number of hydrogen-bond donors (Lipinski definition) is 3. The highest BCUT2D eigenvalue weighted by atomic mass is 35.5. The molecule has 3 N–H and O–H groups in total. The van der Waals surface area contributed by atoms with Gasteiger partial charge in [-0.1, -0.05) is 23.7 Å². The van der Waals surface area contributed by atoms with Crippen LogP contribution in [0.5, 0.6) is 17.2 Å². The number of halogens is 1. The molecule has 8 rings (SSSR count). The second-order valence-electron chi connectivity index (χ2n) is 14.5. The Balaban J connectivity index is 0.804. The number of aromatic nitrogens is 3. The molecule has 1 aliphatic heterocycles. The minimum absolute atomic E-state index is 0.117. The molecule has 0 saturated carbocycles. The fourth-order valence-electron chi connectivity index (χ4n) is 7.23. The van der Waals surface area contributed by atoms with Crippen molar-refractivity contribution < 1.29 is 29.3 Å². The first-order chi connectivity index (χ1) is 29.0. The molecule has 7 aromatic rings. The Morgan fingerprint density at radius 3 is 2.33 bits per heavy atom. The molecule has 306 valence electrons. The second kappa shape index (κ2) is 17.8. The normalized spacial score (nSPS) is 13.4. The quantitative estimate of drug-likeness (QED) is 0.0682. The number of ketones is 1. The minimum atomic E-state index is -0.529. The molecule has 4 heterocycles. The maximum atomic E-state index is 13.9. The highest BCUT2D eigenvalue weighted by Crippen LogP contribution is 2.42. The fraction of sp³-hybridized carbons (Fsp3) is 0.239. The Kier molecular flexibility index (Phi) is 12.1. The molecule has 0 radical (unpaired) electrons. The largest absolute Gasteiger partial charge is 0.508 e. The summed E-state index contributed by atoms with van der Waals surface area (Å²) in [6.45, 7) is 7.86. The average Bonchev–Trinajstić information content (AvgIpc) is 3.88. The van der Waals surface area contributed by atoms with E-state index in [1.54, 1.807) is 78.1 Å². The molecule has 0 aliphatic carbocycles. The number of rotatable bonds is 15. The van der Waals surface area contributed by atoms with Gasteiger partial charge in [0.2, 0.25) is 5.91 Å². The van der Waals surface area contributed by atoms with Gasteiger partial charge in [-0.05, 0) is 124 Å². The number of fused-ring (bicyclic) bond motifs is 4. The molecule has 0 saturated heterocycles. The lowest BCUT2D eigenvalue weighted by atomic mass is 9.97. The van der Waals surface area contributed by atoms with Gasteiger partial charge in [0.25, 0.3) is 0 Å². The SMILES string of the molecule is Cc1sc2c(c1C)C(c1ccc(Cl)cc1)=N[C@@H](CC(=O)NCCCCOCCOc1ccc(C(=O)c3c(-c4ccc(O)cc4)sc4cc(O)ccc34)cc1)c1nnc(C)n1-2. The van der Waals surface area contributed by atoms with Crippen LogP contribution in [-0.4, -0.2) is 68.7 Å². The predicted molar refractivity (Wildman–Crippen MR) is 237 cm³/mol. The first-order valence-corrected chi connectivity index (χ1v) is 21.6. The van der Waals surface area contributed by atoms with Gasteiger partial charge in [0.1, 0.15) is 40.7 Å². The number of unbranched alkanes of at least 4 members (excludes halogenated alkanes) is 1. The summed E-state index contributed by atoms with van der Waals surface area (Å²) in [4.78, 5) is 34.3. The number of ether oxygens (including phenoxy) is 2. The lowest BCUT2D eigenvalue weighted by Crippen LogP contribution is -2.26. The molecule has 1 aliphatic rings. The molecule has 0 bridgehead atoms. The van der Waals surface area contributed by atoms with E-state index in [0.29, 0.717) is 54.1 Å². The van der Waals surface area contributed by atoms with E-state index in [1.165, 1.54) is 16.2 Å². The van der Waals surface area contributed by atoms with Crippen molar-refractivity contribution in [3.63, 3.8) is 0 Å². The van der Waals surface area contributed by atoms with Crippen molar-refractivity contribution in [1.29, 1.82) is 0 Å². The summed E-state index contributed by atoms with van der Waals surface area (Å²) >= 11 is 9.33. The summed E-state index contributed by atoms with van der Waals surface area (Å²) in [7, 11) is 0. The number of phenolic OH excluding ortho intramolecular Hbond substituents is 2. The van der Waals surface area contributed by atoms with Gasteiger partial charge in [0.05, 0.1) is 18.7 Å². The van der Waals surface area contributed by atoms with Crippen LogP contribution >= 0.6 is 34.3 Å². The number of aromatic hydroxyl groups is 2. The summed E-state index contributed by atoms with van der Waals surface area (Å²) in [6.07, 6.45) is 1.63. The number of aliphatic imine (C=N–C) groups is 1. The number of aryl methyl sites for hydroxylation is 2. The van der Waals surface area contributed by atoms with Gasteiger partial charge < -0.3 is 25.0 Å². The molecule has 1 atom stereocenters. The Hall–Kier alpha value is -5.86. The molecular formula is C46H42ClN5O6S2. The number of nitrogens with zero attached hydrogens (tertiary/aromatic N) is 4. The van der Waals surface area contributed by atoms with Gasteiger partial charge in [-0.2, -0.15) is 0 Å². The number of carbonyl (C=O) groups excluding carboxylic acids is 2. The smallest absolute Gasteiger partial charge is 0.222 e. The van der Waals surface area contributed by atoms with E-state index in [2.05, 4.69) is 29.4 Å². The molecule has 0 fully saturated rings. The molecule has 60 heavy (non-hydrogen) atoms. The Morgan fingerprint density at radius 1 is 0.833 bits per heavy atom. The van der Waals surface area contributed by atoms with Gasteiger partial charge in [-0.15, -0.1) is 32.9 Å². The highest BCUT2D eigenvalue weighted by Gasteiger charge is 2.32. The van der Waals surface area contributed by atoms with Gasteiger partial charge in [-0.25, -0.2) is 0 Å². The Morgan fingerprint density at radius 2 is 1.57 bits per heavy atom. The number of nitrogens with one attached hydrogen (secondary N) is 1. The van der Waals surface area contributed by atoms with E-state index < -0.39 is 6.04 Å². The molecule has 0 unspecified atom stereocenters. The first-order valence-electron chi connectivity index (χ1n) is 19.6. The Labute approximate surface area is 359 Å². The average molecular weight is 860 g/mol. The summed E-state index contributed by atoms with van der Waals surface area (Å²) in [5, 5.41) is 34.2. The standard InChI is InChI=1S/C46H42ClN5O6S2/c1-26-27(2)59-46-40(26)42(29-6-12-32(47)13-7-29)49-37(45-51-50-28(3)52(45)46)25-39(55)48-20-4-5-21-57-22-23-58-35-17-10-30(11-18-35)43(56)41-36-19-16-34(54)24-38(36)60-44(41)31-8-14-33(53)15-9-31/h6-19,24,37,53-54H,4-5,20-23,25H2,1-3H3,(H,48,55)/t37-/m0/s1. The summed E-state index contributed by atoms with van der Waals surface area (Å²) in [5.41, 5.74) is 5.75. The van der Waals surface area contributed by atoms with Crippen molar-refractivity contribution in [2.45, 2.75) is 46.1 Å². The zero-order valence-corrected chi connectivity index (χ0v) is 35.6. The third kappa shape index (κ3) is 8.57. The number of phenols is 2. The van der Waals surface area contributed by atoms with Crippen LogP contribution in [0.4, 0.5) is 0 Å². The van der Waals surface area contributed by atoms with Gasteiger partial charge >= 0.3 is 0 Å². The van der Waals surface area contributed by atoms with Crippen LogP contribution in [0.2, 0.25) is 5.02 Å². The number of amides is 1. The Bertz CT molecular complexity index is 2720. The maximum absolute atomic E-state index is 13.9. The van der Waals surface area contributed by atoms with Gasteiger partial charge in [0, 0.05) is 60.3 Å². The maximum Gasteiger partial charge on any atom is 0.222 e. The molecule has 14 heteroatoms. The van der Waals surface area contributed by atoms with Crippen molar-refractivity contribution in [3.05, 3.63) is 140 Å². The number of benzene rings is 4. The van der Waals surface area contributed by atoms with Crippen LogP contribution < -0.4 is 10.1 Å². The van der Waals surface area contributed by atoms with E-state index >= 15 is 0 Å². The van der Waals surface area contributed by atoms with Crippen molar-refractivity contribution in [2.24, 2.45) is 4.99 Å². The van der Waals surface area contributed by atoms with Crippen molar-refractivity contribution in [2.75, 3.05) is 26.4 Å². The molecule has 1 amide bonds. The second-order valence-corrected chi connectivity index (χ2v) is 17.2. The van der Waals surface area contributed by atoms with Crippen LogP contribution in [0.1, 0.15) is 74.4 Å². The van der Waals surface area contributed by atoms with Crippen LogP contribution in [0.25, 0.3) is 25.5 Å². The molecule has 0 spiro atoms. The third-order valence-electron chi connectivity index (χ3n) is 10.4. The van der Waals surface area contributed by atoms with E-state index in [-0.39, 0.29) is 29.6 Å². The summed E-state index contributed by atoms with van der Waals surface area (Å²) < 4.78 is 14.5. The topological polar surface area (TPSA) is 148 Å². The summed E-state index contributed by atoms with van der Waals surface area (Å²) in [6, 6.07) is 25.8.